The highest BCUT2D eigenvalue weighted by atomic mass is 19.1. The number of nitrogens with one attached hydrogen (secondary N) is 1. The van der Waals surface area contributed by atoms with Gasteiger partial charge in [0.2, 0.25) is 5.75 Å². The first-order valence-electron chi connectivity index (χ1n) is 12.0. The number of hydrogen-bond acceptors (Lipinski definition) is 7. The molecule has 9 heteroatoms. The lowest BCUT2D eigenvalue weighted by atomic mass is 10.0. The monoisotopic (exact) mass is 504 g/mol. The summed E-state index contributed by atoms with van der Waals surface area (Å²) in [6, 6.07) is 9.42. The van der Waals surface area contributed by atoms with Crippen LogP contribution in [0.5, 0.6) is 23.0 Å². The smallest absolute Gasteiger partial charge is 0.251 e. The minimum atomic E-state index is -0.287. The number of benzene rings is 2. The average molecular weight is 505 g/mol. The van der Waals surface area contributed by atoms with Crippen LogP contribution in [0, 0.1) is 5.82 Å². The Kier molecular flexibility index (Phi) is 9.39. The van der Waals surface area contributed by atoms with Crippen LogP contribution in [0.2, 0.25) is 0 Å². The first-order chi connectivity index (χ1) is 17.1. The summed E-state index contributed by atoms with van der Waals surface area (Å²) in [6.45, 7) is 8.53. The zero-order valence-corrected chi connectivity index (χ0v) is 21.9. The Hall–Kier alpha value is -3.04. The Morgan fingerprint density at radius 3 is 2.19 bits per heavy atom. The van der Waals surface area contributed by atoms with E-state index < -0.39 is 0 Å². The van der Waals surface area contributed by atoms with Gasteiger partial charge >= 0.3 is 0 Å². The number of ether oxygens (including phenoxy) is 5. The number of rotatable bonds is 12. The molecule has 0 saturated carbocycles. The third-order valence-corrected chi connectivity index (χ3v) is 5.91. The van der Waals surface area contributed by atoms with Gasteiger partial charge in [0, 0.05) is 31.2 Å². The molecule has 0 bridgehead atoms. The molecular weight excluding hydrogens is 467 g/mol. The second kappa shape index (κ2) is 12.3. The van der Waals surface area contributed by atoms with E-state index >= 15 is 0 Å². The third-order valence-electron chi connectivity index (χ3n) is 5.91. The topological polar surface area (TPSA) is 78.5 Å². The molecule has 1 atom stereocenters. The third kappa shape index (κ3) is 7.48. The molecule has 0 spiro atoms. The fourth-order valence-electron chi connectivity index (χ4n) is 3.93. The van der Waals surface area contributed by atoms with Crippen LogP contribution in [-0.4, -0.2) is 76.1 Å². The van der Waals surface area contributed by atoms with Gasteiger partial charge in [-0.25, -0.2) is 4.39 Å². The minimum absolute atomic E-state index is 0.0291. The molecule has 2 aromatic carbocycles. The molecule has 0 aromatic heterocycles. The zero-order chi connectivity index (χ0) is 26.3. The Morgan fingerprint density at radius 2 is 1.67 bits per heavy atom. The molecule has 1 fully saturated rings. The van der Waals surface area contributed by atoms with E-state index in [2.05, 4.69) is 10.2 Å². The van der Waals surface area contributed by atoms with Crippen LogP contribution in [0.1, 0.15) is 37.6 Å². The van der Waals surface area contributed by atoms with Gasteiger partial charge in [-0.05, 0) is 63.6 Å². The van der Waals surface area contributed by atoms with Crippen molar-refractivity contribution in [2.75, 3.05) is 47.6 Å². The second-order valence-corrected chi connectivity index (χ2v) is 9.68. The van der Waals surface area contributed by atoms with Gasteiger partial charge in [0.25, 0.3) is 5.91 Å². The summed E-state index contributed by atoms with van der Waals surface area (Å²) in [6.07, 6.45) is 0.733. The van der Waals surface area contributed by atoms with Crippen molar-refractivity contribution in [3.8, 4) is 23.0 Å². The number of hydrogen-bond donors (Lipinski definition) is 1. The van der Waals surface area contributed by atoms with Crippen LogP contribution < -0.4 is 24.3 Å². The predicted molar refractivity (Wildman–Crippen MR) is 135 cm³/mol. The number of halogens is 1. The molecule has 1 amide bonds. The van der Waals surface area contributed by atoms with E-state index in [1.807, 2.05) is 20.8 Å². The summed E-state index contributed by atoms with van der Waals surface area (Å²) in [5.41, 5.74) is 0.149. The van der Waals surface area contributed by atoms with Gasteiger partial charge in [-0.2, -0.15) is 0 Å². The van der Waals surface area contributed by atoms with E-state index in [0.717, 1.165) is 13.1 Å². The highest BCUT2D eigenvalue weighted by Crippen LogP contribution is 2.38. The van der Waals surface area contributed by atoms with E-state index in [4.69, 9.17) is 23.7 Å². The molecular formula is C27H37FN2O6. The molecule has 1 aliphatic heterocycles. The zero-order valence-electron chi connectivity index (χ0n) is 21.9. The second-order valence-electron chi connectivity index (χ2n) is 9.68. The largest absolute Gasteiger partial charge is 0.493 e. The fourth-order valence-corrected chi connectivity index (χ4v) is 3.93. The summed E-state index contributed by atoms with van der Waals surface area (Å²) >= 11 is 0. The van der Waals surface area contributed by atoms with Gasteiger partial charge in [0.1, 0.15) is 17.7 Å². The Labute approximate surface area is 212 Å². The normalized spacial score (nSPS) is 15.1. The van der Waals surface area contributed by atoms with E-state index in [0.29, 0.717) is 48.1 Å². The maximum atomic E-state index is 13.1. The van der Waals surface area contributed by atoms with E-state index in [1.54, 1.807) is 24.3 Å². The average Bonchev–Trinajstić information content (AvgIpc) is 2.83. The van der Waals surface area contributed by atoms with Gasteiger partial charge in [0.05, 0.1) is 33.5 Å². The summed E-state index contributed by atoms with van der Waals surface area (Å²) in [5, 5.41) is 2.99. The number of likely N-dealkylation sites (tertiary alicyclic amines) is 1. The van der Waals surface area contributed by atoms with Crippen LogP contribution in [-0.2, 0) is 4.74 Å². The molecule has 1 N–H and O–H groups in total. The number of nitrogens with zero attached hydrogens (tertiary/aromatic N) is 1. The Morgan fingerprint density at radius 1 is 1.06 bits per heavy atom. The van der Waals surface area contributed by atoms with Crippen LogP contribution in [0.25, 0.3) is 0 Å². The molecule has 198 valence electrons. The van der Waals surface area contributed by atoms with Crippen molar-refractivity contribution >= 4 is 5.91 Å². The number of carbonyl (C=O) groups is 1. The molecule has 0 unspecified atom stereocenters. The SMILES string of the molecule is COc1cc(C(=O)NCC[C@@H](COC(C)(C)C)N2CC(Oc3ccc(F)cc3)C2)cc(OC)c1OC. The Balaban J connectivity index is 1.57. The maximum absolute atomic E-state index is 13.1. The van der Waals surface area contributed by atoms with Crippen molar-refractivity contribution in [3.05, 3.63) is 47.8 Å². The van der Waals surface area contributed by atoms with Gasteiger partial charge in [-0.3, -0.25) is 9.69 Å². The quantitative estimate of drug-likeness (QED) is 0.469. The molecule has 3 rings (SSSR count). The van der Waals surface area contributed by atoms with E-state index in [1.165, 1.54) is 33.5 Å². The van der Waals surface area contributed by atoms with Gasteiger partial charge < -0.3 is 29.0 Å². The van der Waals surface area contributed by atoms with Crippen molar-refractivity contribution in [2.45, 2.75) is 44.9 Å². The van der Waals surface area contributed by atoms with Crippen LogP contribution >= 0.6 is 0 Å². The number of amides is 1. The van der Waals surface area contributed by atoms with E-state index in [-0.39, 0.29) is 29.5 Å². The minimum Gasteiger partial charge on any atom is -0.493 e. The molecule has 1 heterocycles. The molecule has 0 radical (unpaired) electrons. The van der Waals surface area contributed by atoms with Crippen molar-refractivity contribution in [2.24, 2.45) is 0 Å². The first kappa shape index (κ1) is 27.5. The lowest BCUT2D eigenvalue weighted by Crippen LogP contribution is -2.59. The molecule has 0 aliphatic carbocycles. The maximum Gasteiger partial charge on any atom is 0.251 e. The van der Waals surface area contributed by atoms with Gasteiger partial charge in [-0.1, -0.05) is 0 Å². The van der Waals surface area contributed by atoms with Crippen LogP contribution in [0.3, 0.4) is 0 Å². The van der Waals surface area contributed by atoms with Crippen molar-refractivity contribution in [3.63, 3.8) is 0 Å². The van der Waals surface area contributed by atoms with Crippen LogP contribution in [0.4, 0.5) is 4.39 Å². The Bertz CT molecular complexity index is 977. The van der Waals surface area contributed by atoms with Gasteiger partial charge in [-0.15, -0.1) is 0 Å². The van der Waals surface area contributed by atoms with E-state index in [9.17, 15) is 9.18 Å². The fraction of sp³-hybridized carbons (Fsp3) is 0.519. The summed E-state index contributed by atoms with van der Waals surface area (Å²) in [5.74, 6) is 1.42. The molecule has 1 aliphatic rings. The lowest BCUT2D eigenvalue weighted by molar-refractivity contribution is -0.0736. The summed E-state index contributed by atoms with van der Waals surface area (Å²) in [4.78, 5) is 15.1. The molecule has 36 heavy (non-hydrogen) atoms. The summed E-state index contributed by atoms with van der Waals surface area (Å²) < 4.78 is 41.2. The highest BCUT2D eigenvalue weighted by molar-refractivity contribution is 5.95. The first-order valence-corrected chi connectivity index (χ1v) is 12.0. The summed E-state index contributed by atoms with van der Waals surface area (Å²) in [7, 11) is 4.54. The highest BCUT2D eigenvalue weighted by Gasteiger charge is 2.34. The van der Waals surface area contributed by atoms with Crippen molar-refractivity contribution in [1.29, 1.82) is 0 Å². The number of carbonyl (C=O) groups excluding carboxylic acids is 1. The van der Waals surface area contributed by atoms with Crippen molar-refractivity contribution < 1.29 is 32.9 Å². The molecule has 2 aromatic rings. The van der Waals surface area contributed by atoms with Gasteiger partial charge in [0.15, 0.2) is 11.5 Å². The van der Waals surface area contributed by atoms with Crippen molar-refractivity contribution in [1.82, 2.24) is 10.2 Å². The standard InChI is InChI=1S/C27H37FN2O6/c1-27(2,3)35-17-20(30-15-22(16-30)36-21-9-7-19(28)8-10-21)11-12-29-26(31)18-13-23(32-4)25(34-6)24(14-18)33-5/h7-10,13-14,20,22H,11-12,15-17H2,1-6H3,(H,29,31)/t20-/m0/s1. The number of methoxy groups -OCH3 is 3. The predicted octanol–water partition coefficient (Wildman–Crippen LogP) is 3.92. The molecule has 8 nitrogen and oxygen atoms in total. The molecule has 1 saturated heterocycles. The lowest BCUT2D eigenvalue weighted by Gasteiger charge is -2.44. The van der Waals surface area contributed by atoms with Crippen LogP contribution in [0.15, 0.2) is 36.4 Å².